The highest BCUT2D eigenvalue weighted by Gasteiger charge is 2.29. The number of H-pyrrole nitrogens is 1. The third kappa shape index (κ3) is 2.77. The Morgan fingerprint density at radius 3 is 2.91 bits per heavy atom. The maximum atomic E-state index is 6.43. The van der Waals surface area contributed by atoms with Crippen LogP contribution in [-0.4, -0.2) is 28.8 Å². The van der Waals surface area contributed by atoms with Crippen molar-refractivity contribution in [2.45, 2.75) is 31.7 Å². The molecule has 120 valence electrons. The number of hydrogen-bond acceptors (Lipinski definition) is 4. The summed E-state index contributed by atoms with van der Waals surface area (Å²) in [6.45, 7) is 0.767. The van der Waals surface area contributed by atoms with Gasteiger partial charge in [0.15, 0.2) is 0 Å². The number of nitrogens with zero attached hydrogens (tertiary/aromatic N) is 2. The number of nitrogens with two attached hydrogens (primary N) is 2. The van der Waals surface area contributed by atoms with Crippen LogP contribution in [0.4, 0.5) is 0 Å². The molecule has 2 aromatic heterocycles. The van der Waals surface area contributed by atoms with Crippen molar-refractivity contribution in [3.8, 4) is 0 Å². The third-order valence-electron chi connectivity index (χ3n) is 5.02. The van der Waals surface area contributed by atoms with Crippen LogP contribution in [0.2, 0.25) is 0 Å². The van der Waals surface area contributed by atoms with E-state index in [0.717, 1.165) is 47.3 Å². The van der Waals surface area contributed by atoms with E-state index < -0.39 is 0 Å². The molecule has 0 spiro atoms. The Bertz CT molecular complexity index is 763. The SMILES string of the molecule is NCC1CC(N=CC(=C(N)C2CC2)c2nccc3[nH]ccc23)C1. The van der Waals surface area contributed by atoms with Crippen molar-refractivity contribution in [1.29, 1.82) is 0 Å². The van der Waals surface area contributed by atoms with Gasteiger partial charge in [-0.05, 0) is 56.2 Å². The lowest BCUT2D eigenvalue weighted by Crippen LogP contribution is -2.32. The van der Waals surface area contributed by atoms with E-state index in [4.69, 9.17) is 16.5 Å². The summed E-state index contributed by atoms with van der Waals surface area (Å²) in [6.07, 6.45) is 10.2. The van der Waals surface area contributed by atoms with Gasteiger partial charge in [0.25, 0.3) is 0 Å². The number of aliphatic imine (C=N–C) groups is 1. The van der Waals surface area contributed by atoms with Crippen LogP contribution in [0, 0.1) is 11.8 Å². The van der Waals surface area contributed by atoms with Gasteiger partial charge in [0, 0.05) is 40.8 Å². The summed E-state index contributed by atoms with van der Waals surface area (Å²) in [5.74, 6) is 1.13. The highest BCUT2D eigenvalue weighted by molar-refractivity contribution is 6.14. The number of aromatic nitrogens is 2. The molecule has 0 saturated heterocycles. The fourth-order valence-corrected chi connectivity index (χ4v) is 3.28. The number of rotatable bonds is 5. The number of aromatic amines is 1. The van der Waals surface area contributed by atoms with E-state index in [-0.39, 0.29) is 0 Å². The maximum Gasteiger partial charge on any atom is 0.0828 e. The topological polar surface area (TPSA) is 93.1 Å². The van der Waals surface area contributed by atoms with Crippen LogP contribution in [0.15, 0.2) is 35.2 Å². The Balaban J connectivity index is 1.68. The molecule has 0 amide bonds. The van der Waals surface area contributed by atoms with E-state index in [9.17, 15) is 0 Å². The first-order valence-electron chi connectivity index (χ1n) is 8.41. The highest BCUT2D eigenvalue weighted by Crippen LogP contribution is 2.38. The molecule has 23 heavy (non-hydrogen) atoms. The Morgan fingerprint density at radius 1 is 1.35 bits per heavy atom. The number of allylic oxidation sites excluding steroid dienone is 2. The first-order valence-corrected chi connectivity index (χ1v) is 8.41. The summed E-state index contributed by atoms with van der Waals surface area (Å²) in [4.78, 5) is 12.6. The minimum atomic E-state index is 0.385. The molecule has 0 unspecified atom stereocenters. The van der Waals surface area contributed by atoms with Gasteiger partial charge >= 0.3 is 0 Å². The molecule has 2 heterocycles. The zero-order valence-corrected chi connectivity index (χ0v) is 13.2. The minimum Gasteiger partial charge on any atom is -0.401 e. The highest BCUT2D eigenvalue weighted by atomic mass is 14.8. The Morgan fingerprint density at radius 2 is 2.17 bits per heavy atom. The van der Waals surface area contributed by atoms with Gasteiger partial charge in [0.05, 0.1) is 11.7 Å². The largest absolute Gasteiger partial charge is 0.401 e. The van der Waals surface area contributed by atoms with Gasteiger partial charge in [0.2, 0.25) is 0 Å². The number of hydrogen-bond donors (Lipinski definition) is 3. The molecule has 5 N–H and O–H groups in total. The predicted octanol–water partition coefficient (Wildman–Crippen LogP) is 2.45. The quantitative estimate of drug-likeness (QED) is 0.741. The maximum absolute atomic E-state index is 6.43. The zero-order valence-electron chi connectivity index (χ0n) is 13.2. The van der Waals surface area contributed by atoms with Gasteiger partial charge in [-0.15, -0.1) is 0 Å². The molecule has 0 radical (unpaired) electrons. The Labute approximate surface area is 135 Å². The molecule has 2 aliphatic carbocycles. The summed E-state index contributed by atoms with van der Waals surface area (Å²) < 4.78 is 0. The van der Waals surface area contributed by atoms with Gasteiger partial charge in [-0.1, -0.05) is 0 Å². The van der Waals surface area contributed by atoms with Crippen LogP contribution in [0.5, 0.6) is 0 Å². The van der Waals surface area contributed by atoms with E-state index in [1.165, 1.54) is 12.8 Å². The first kappa shape index (κ1) is 14.5. The fourth-order valence-electron chi connectivity index (χ4n) is 3.28. The summed E-state index contributed by atoms with van der Waals surface area (Å²) in [6, 6.07) is 4.43. The third-order valence-corrected chi connectivity index (χ3v) is 5.02. The molecule has 0 aliphatic heterocycles. The minimum absolute atomic E-state index is 0.385. The molecule has 5 heteroatoms. The van der Waals surface area contributed by atoms with Crippen molar-refractivity contribution in [3.63, 3.8) is 0 Å². The number of fused-ring (bicyclic) bond motifs is 1. The molecular weight excluding hydrogens is 286 g/mol. The van der Waals surface area contributed by atoms with Gasteiger partial charge in [-0.25, -0.2) is 0 Å². The molecule has 4 rings (SSSR count). The number of pyridine rings is 1. The van der Waals surface area contributed by atoms with Crippen LogP contribution >= 0.6 is 0 Å². The second-order valence-electron chi connectivity index (χ2n) is 6.75. The first-order chi connectivity index (χ1) is 11.3. The lowest BCUT2D eigenvalue weighted by atomic mass is 9.81. The Kier molecular flexibility index (Phi) is 3.65. The molecule has 0 atom stereocenters. The van der Waals surface area contributed by atoms with Crippen molar-refractivity contribution in [1.82, 2.24) is 9.97 Å². The van der Waals surface area contributed by atoms with Crippen LogP contribution in [0.3, 0.4) is 0 Å². The van der Waals surface area contributed by atoms with E-state index in [2.05, 4.69) is 16.0 Å². The lowest BCUT2D eigenvalue weighted by Gasteiger charge is -2.31. The average molecular weight is 309 g/mol. The van der Waals surface area contributed by atoms with Gasteiger partial charge in [0.1, 0.15) is 0 Å². The summed E-state index contributed by atoms with van der Waals surface area (Å²) in [7, 11) is 0. The standard InChI is InChI=1S/C18H23N5/c19-9-11-7-13(8-11)23-10-15(17(20)12-1-2-12)18-14-3-5-21-16(14)4-6-22-18/h3-6,10-13,21H,1-2,7-9,19-20H2. The molecule has 2 saturated carbocycles. The van der Waals surface area contributed by atoms with Crippen molar-refractivity contribution >= 4 is 22.7 Å². The molecule has 0 aromatic carbocycles. The van der Waals surface area contributed by atoms with E-state index >= 15 is 0 Å². The summed E-state index contributed by atoms with van der Waals surface area (Å²) >= 11 is 0. The molecule has 2 aliphatic rings. The van der Waals surface area contributed by atoms with Gasteiger partial charge in [-0.3, -0.25) is 9.98 Å². The summed E-state index contributed by atoms with van der Waals surface area (Å²) in [5.41, 5.74) is 16.1. The van der Waals surface area contributed by atoms with Crippen molar-refractivity contribution in [2.24, 2.45) is 28.3 Å². The second-order valence-corrected chi connectivity index (χ2v) is 6.75. The Hall–Kier alpha value is -2.14. The van der Waals surface area contributed by atoms with Crippen LogP contribution < -0.4 is 11.5 Å². The molecule has 2 aromatic rings. The average Bonchev–Trinajstić information content (AvgIpc) is 3.26. The van der Waals surface area contributed by atoms with E-state index in [1.54, 1.807) is 0 Å². The zero-order chi connectivity index (χ0) is 15.8. The molecule has 5 nitrogen and oxygen atoms in total. The van der Waals surface area contributed by atoms with E-state index in [1.807, 2.05) is 24.7 Å². The fraction of sp³-hybridized carbons (Fsp3) is 0.444. The van der Waals surface area contributed by atoms with Crippen LogP contribution in [0.25, 0.3) is 16.5 Å². The normalized spacial score (nSPS) is 25.6. The van der Waals surface area contributed by atoms with Gasteiger partial charge < -0.3 is 16.5 Å². The summed E-state index contributed by atoms with van der Waals surface area (Å²) in [5, 5.41) is 1.10. The van der Waals surface area contributed by atoms with Crippen LogP contribution in [-0.2, 0) is 0 Å². The molecular formula is C18H23N5. The smallest absolute Gasteiger partial charge is 0.0828 e. The van der Waals surface area contributed by atoms with Gasteiger partial charge in [-0.2, -0.15) is 0 Å². The molecule has 2 fully saturated rings. The van der Waals surface area contributed by atoms with E-state index in [0.29, 0.717) is 17.9 Å². The van der Waals surface area contributed by atoms with Crippen LogP contribution in [0.1, 0.15) is 31.4 Å². The van der Waals surface area contributed by atoms with Crippen molar-refractivity contribution in [2.75, 3.05) is 6.54 Å². The predicted molar refractivity (Wildman–Crippen MR) is 94.0 cm³/mol. The lowest BCUT2D eigenvalue weighted by molar-refractivity contribution is 0.276. The second kappa shape index (κ2) is 5.81. The van der Waals surface area contributed by atoms with Crippen molar-refractivity contribution < 1.29 is 0 Å². The van der Waals surface area contributed by atoms with Crippen molar-refractivity contribution in [3.05, 3.63) is 35.9 Å². The monoisotopic (exact) mass is 309 g/mol. The number of nitrogens with one attached hydrogen (secondary N) is 1. The molecule has 0 bridgehead atoms.